The van der Waals surface area contributed by atoms with Crippen molar-refractivity contribution in [3.05, 3.63) is 10.2 Å². The van der Waals surface area contributed by atoms with Gasteiger partial charge in [0.1, 0.15) is 5.82 Å². The SMILES string of the molecule is NC(=O)c1nn2c(c1Br)NCC1CCCCC12. The van der Waals surface area contributed by atoms with Crippen LogP contribution in [0.1, 0.15) is 42.2 Å². The second kappa shape index (κ2) is 4.01. The van der Waals surface area contributed by atoms with E-state index in [9.17, 15) is 4.79 Å². The number of hydrogen-bond donors (Lipinski definition) is 2. The van der Waals surface area contributed by atoms with E-state index < -0.39 is 5.91 Å². The number of primary amides is 1. The number of nitrogens with one attached hydrogen (secondary N) is 1. The van der Waals surface area contributed by atoms with E-state index in [-0.39, 0.29) is 0 Å². The van der Waals surface area contributed by atoms with Gasteiger partial charge in [-0.2, -0.15) is 5.10 Å². The van der Waals surface area contributed by atoms with Crippen LogP contribution in [-0.4, -0.2) is 22.2 Å². The zero-order valence-corrected chi connectivity index (χ0v) is 11.0. The lowest BCUT2D eigenvalue weighted by atomic mass is 9.83. The van der Waals surface area contributed by atoms with Crippen molar-refractivity contribution >= 4 is 27.7 Å². The van der Waals surface area contributed by atoms with Crippen LogP contribution in [0.15, 0.2) is 4.47 Å². The maximum atomic E-state index is 11.3. The molecule has 17 heavy (non-hydrogen) atoms. The average Bonchev–Trinajstić information content (AvgIpc) is 2.67. The van der Waals surface area contributed by atoms with E-state index in [0.717, 1.165) is 18.8 Å². The molecule has 2 atom stereocenters. The van der Waals surface area contributed by atoms with Crippen molar-refractivity contribution in [2.45, 2.75) is 31.7 Å². The number of carbonyl (C=O) groups excluding carboxylic acids is 1. The van der Waals surface area contributed by atoms with Gasteiger partial charge in [-0.25, -0.2) is 4.68 Å². The number of anilines is 1. The quantitative estimate of drug-likeness (QED) is 0.832. The highest BCUT2D eigenvalue weighted by atomic mass is 79.9. The number of amides is 1. The number of rotatable bonds is 1. The summed E-state index contributed by atoms with van der Waals surface area (Å²) in [6.07, 6.45) is 4.92. The summed E-state index contributed by atoms with van der Waals surface area (Å²) < 4.78 is 2.66. The summed E-state index contributed by atoms with van der Waals surface area (Å²) in [6, 6.07) is 0.421. The molecule has 0 saturated heterocycles. The molecule has 0 aromatic carbocycles. The Balaban J connectivity index is 2.05. The molecular formula is C11H15BrN4O. The fourth-order valence-corrected chi connectivity index (χ4v) is 3.54. The molecule has 1 saturated carbocycles. The molecule has 1 aromatic rings. The third-order valence-corrected chi connectivity index (χ3v) is 4.55. The van der Waals surface area contributed by atoms with E-state index in [0.29, 0.717) is 22.1 Å². The molecule has 2 aliphatic rings. The molecule has 5 nitrogen and oxygen atoms in total. The first-order chi connectivity index (χ1) is 8.18. The number of hydrogen-bond acceptors (Lipinski definition) is 3. The topological polar surface area (TPSA) is 72.9 Å². The van der Waals surface area contributed by atoms with E-state index in [1.54, 1.807) is 0 Å². The predicted molar refractivity (Wildman–Crippen MR) is 67.9 cm³/mol. The standard InChI is InChI=1S/C11H15BrN4O/c12-8-9(10(13)17)15-16-7-4-2-1-3-6(7)5-14-11(8)16/h6-7,14H,1-5H2,(H2,13,17). The first kappa shape index (κ1) is 11.1. The molecule has 0 spiro atoms. The van der Waals surface area contributed by atoms with Gasteiger partial charge < -0.3 is 11.1 Å². The molecule has 1 aliphatic carbocycles. The first-order valence-electron chi connectivity index (χ1n) is 6.00. The predicted octanol–water partition coefficient (Wildman–Crippen LogP) is 1.90. The van der Waals surface area contributed by atoms with E-state index in [2.05, 4.69) is 26.3 Å². The van der Waals surface area contributed by atoms with Gasteiger partial charge in [0.05, 0.1) is 10.5 Å². The Morgan fingerprint density at radius 1 is 1.47 bits per heavy atom. The van der Waals surface area contributed by atoms with Crippen molar-refractivity contribution < 1.29 is 4.79 Å². The van der Waals surface area contributed by atoms with Crippen molar-refractivity contribution in [1.82, 2.24) is 9.78 Å². The Hall–Kier alpha value is -1.04. The van der Waals surface area contributed by atoms with E-state index in [1.807, 2.05) is 4.68 Å². The van der Waals surface area contributed by atoms with E-state index >= 15 is 0 Å². The van der Waals surface area contributed by atoms with Gasteiger partial charge in [-0.05, 0) is 34.7 Å². The van der Waals surface area contributed by atoms with Crippen LogP contribution in [0.3, 0.4) is 0 Å². The molecule has 3 rings (SSSR count). The second-order valence-corrected chi connectivity index (χ2v) is 5.61. The Morgan fingerprint density at radius 2 is 2.24 bits per heavy atom. The number of carbonyl (C=O) groups is 1. The monoisotopic (exact) mass is 298 g/mol. The van der Waals surface area contributed by atoms with Crippen LogP contribution in [0.5, 0.6) is 0 Å². The molecule has 1 amide bonds. The molecule has 92 valence electrons. The van der Waals surface area contributed by atoms with Crippen LogP contribution in [0, 0.1) is 5.92 Å². The Labute approximate surface area is 108 Å². The summed E-state index contributed by atoms with van der Waals surface area (Å²) in [6.45, 7) is 0.965. The van der Waals surface area contributed by atoms with Crippen LogP contribution in [0.4, 0.5) is 5.82 Å². The molecule has 1 fully saturated rings. The molecule has 2 unspecified atom stereocenters. The molecule has 3 N–H and O–H groups in total. The highest BCUT2D eigenvalue weighted by Crippen LogP contribution is 2.41. The fourth-order valence-electron chi connectivity index (χ4n) is 2.95. The first-order valence-corrected chi connectivity index (χ1v) is 6.79. The number of fused-ring (bicyclic) bond motifs is 3. The average molecular weight is 299 g/mol. The highest BCUT2D eigenvalue weighted by molar-refractivity contribution is 9.10. The van der Waals surface area contributed by atoms with Gasteiger partial charge in [0.2, 0.25) is 0 Å². The fraction of sp³-hybridized carbons (Fsp3) is 0.636. The summed E-state index contributed by atoms with van der Waals surface area (Å²) in [4.78, 5) is 11.3. The molecular weight excluding hydrogens is 284 g/mol. The van der Waals surface area contributed by atoms with Crippen molar-refractivity contribution in [2.75, 3.05) is 11.9 Å². The van der Waals surface area contributed by atoms with Crippen molar-refractivity contribution in [1.29, 1.82) is 0 Å². The van der Waals surface area contributed by atoms with Crippen molar-refractivity contribution in [2.24, 2.45) is 11.7 Å². The lowest BCUT2D eigenvalue weighted by Crippen LogP contribution is -2.35. The minimum absolute atomic E-state index is 0.332. The summed E-state index contributed by atoms with van der Waals surface area (Å²) in [7, 11) is 0. The van der Waals surface area contributed by atoms with Crippen LogP contribution in [0.2, 0.25) is 0 Å². The van der Waals surface area contributed by atoms with Gasteiger partial charge in [-0.15, -0.1) is 0 Å². The maximum absolute atomic E-state index is 11.3. The van der Waals surface area contributed by atoms with Crippen molar-refractivity contribution in [3.63, 3.8) is 0 Å². The summed E-state index contributed by atoms with van der Waals surface area (Å²) in [5.74, 6) is 1.05. The van der Waals surface area contributed by atoms with E-state index in [1.165, 1.54) is 19.3 Å². The van der Waals surface area contributed by atoms with Crippen LogP contribution in [-0.2, 0) is 0 Å². The molecule has 1 aliphatic heterocycles. The van der Waals surface area contributed by atoms with Gasteiger partial charge in [-0.3, -0.25) is 4.79 Å². The minimum Gasteiger partial charge on any atom is -0.369 e. The maximum Gasteiger partial charge on any atom is 0.270 e. The number of halogens is 1. The third-order valence-electron chi connectivity index (χ3n) is 3.80. The largest absolute Gasteiger partial charge is 0.369 e. The number of nitrogens with two attached hydrogens (primary N) is 1. The Morgan fingerprint density at radius 3 is 3.00 bits per heavy atom. The van der Waals surface area contributed by atoms with Gasteiger partial charge in [-0.1, -0.05) is 12.8 Å². The van der Waals surface area contributed by atoms with Crippen LogP contribution < -0.4 is 11.1 Å². The van der Waals surface area contributed by atoms with Crippen molar-refractivity contribution in [3.8, 4) is 0 Å². The summed E-state index contributed by atoms with van der Waals surface area (Å²) in [5, 5.41) is 7.72. The molecule has 1 aromatic heterocycles. The van der Waals surface area contributed by atoms with Gasteiger partial charge in [0.15, 0.2) is 5.69 Å². The van der Waals surface area contributed by atoms with Crippen LogP contribution >= 0.6 is 15.9 Å². The lowest BCUT2D eigenvalue weighted by Gasteiger charge is -2.37. The Kier molecular flexibility index (Phi) is 2.61. The molecule has 2 heterocycles. The molecule has 6 heteroatoms. The summed E-state index contributed by atoms with van der Waals surface area (Å²) >= 11 is 3.41. The minimum atomic E-state index is -0.479. The van der Waals surface area contributed by atoms with Gasteiger partial charge in [0, 0.05) is 6.54 Å². The van der Waals surface area contributed by atoms with Crippen LogP contribution in [0.25, 0.3) is 0 Å². The zero-order valence-electron chi connectivity index (χ0n) is 9.45. The second-order valence-electron chi connectivity index (χ2n) is 4.81. The van der Waals surface area contributed by atoms with Gasteiger partial charge >= 0.3 is 0 Å². The normalized spacial score (nSPS) is 26.9. The molecule has 0 radical (unpaired) electrons. The van der Waals surface area contributed by atoms with E-state index in [4.69, 9.17) is 5.73 Å². The van der Waals surface area contributed by atoms with Gasteiger partial charge in [0.25, 0.3) is 5.91 Å². The number of aromatic nitrogens is 2. The lowest BCUT2D eigenvalue weighted by molar-refractivity contribution is 0.0992. The molecule has 0 bridgehead atoms. The third kappa shape index (κ3) is 1.66. The Bertz CT molecular complexity index is 470. The number of nitrogens with zero attached hydrogens (tertiary/aromatic N) is 2. The summed E-state index contributed by atoms with van der Waals surface area (Å²) in [5.41, 5.74) is 5.65. The zero-order chi connectivity index (χ0) is 12.0. The highest BCUT2D eigenvalue weighted by Gasteiger charge is 2.35. The smallest absolute Gasteiger partial charge is 0.270 e.